The van der Waals surface area contributed by atoms with Crippen molar-refractivity contribution in [2.45, 2.75) is 129 Å². The molecular weight excluding hydrogens is 705 g/mol. The Hall–Kier alpha value is -3.40. The molecule has 0 saturated carbocycles. The Morgan fingerprint density at radius 2 is 1.19 bits per heavy atom. The van der Waals surface area contributed by atoms with Gasteiger partial charge in [0.2, 0.25) is 0 Å². The lowest BCUT2D eigenvalue weighted by Crippen LogP contribution is -2.29. The second-order valence-electron chi connectivity index (χ2n) is 12.4. The van der Waals surface area contributed by atoms with Crippen molar-refractivity contribution in [3.05, 3.63) is 97.2 Å². The number of unbranched alkanes of at least 4 members (excludes halogenated alkanes) is 5. The first-order valence-corrected chi connectivity index (χ1v) is 21.2. The molecule has 11 heteroatoms. The first-order valence-electron chi connectivity index (χ1n) is 19.7. The highest BCUT2D eigenvalue weighted by Crippen LogP contribution is 2.43. The summed E-state index contributed by atoms with van der Waals surface area (Å²) >= 11 is 0. The third-order valence-corrected chi connectivity index (χ3v) is 8.41. The molecule has 0 spiro atoms. The fraction of sp³-hybridized carbons (Fsp3) is 0.558. The maximum Gasteiger partial charge on any atom is 0.472 e. The van der Waals surface area contributed by atoms with E-state index >= 15 is 0 Å². The zero-order chi connectivity index (χ0) is 39.8. The van der Waals surface area contributed by atoms with Crippen LogP contribution in [0.25, 0.3) is 0 Å². The SMILES string of the molecule is CC/C=C\C/C=C\C/C=C\C/C=C\CCCCC(=O)OC[C@H](COP(=O)(O)OCCN)OC(=O)CCC/C=C\C/C=C\C/C=C\C=C\C(=O)CCCCC. The van der Waals surface area contributed by atoms with Crippen molar-refractivity contribution in [2.24, 2.45) is 5.73 Å². The van der Waals surface area contributed by atoms with E-state index in [9.17, 15) is 23.8 Å². The lowest BCUT2D eigenvalue weighted by molar-refractivity contribution is -0.161. The van der Waals surface area contributed by atoms with E-state index in [1.807, 2.05) is 36.5 Å². The number of rotatable bonds is 35. The summed E-state index contributed by atoms with van der Waals surface area (Å²) in [6, 6.07) is 0. The van der Waals surface area contributed by atoms with Crippen LogP contribution in [0.2, 0.25) is 0 Å². The quantitative estimate of drug-likeness (QED) is 0.0159. The van der Waals surface area contributed by atoms with Gasteiger partial charge in [-0.1, -0.05) is 118 Å². The van der Waals surface area contributed by atoms with Crippen molar-refractivity contribution in [1.29, 1.82) is 0 Å². The Morgan fingerprint density at radius 1 is 0.630 bits per heavy atom. The summed E-state index contributed by atoms with van der Waals surface area (Å²) in [5.41, 5.74) is 5.32. The summed E-state index contributed by atoms with van der Waals surface area (Å²) in [6.45, 7) is 3.28. The second kappa shape index (κ2) is 37.9. The Morgan fingerprint density at radius 3 is 1.80 bits per heavy atom. The van der Waals surface area contributed by atoms with Crippen molar-refractivity contribution >= 4 is 25.5 Å². The van der Waals surface area contributed by atoms with Gasteiger partial charge in [0.05, 0.1) is 13.2 Å². The molecule has 54 heavy (non-hydrogen) atoms. The van der Waals surface area contributed by atoms with Crippen LogP contribution < -0.4 is 5.73 Å². The van der Waals surface area contributed by atoms with Gasteiger partial charge in [0.25, 0.3) is 0 Å². The Balaban J connectivity index is 4.45. The fourth-order valence-corrected chi connectivity index (χ4v) is 5.28. The maximum absolute atomic E-state index is 12.5. The number of esters is 2. The van der Waals surface area contributed by atoms with Gasteiger partial charge in [0.1, 0.15) is 6.61 Å². The highest BCUT2D eigenvalue weighted by Gasteiger charge is 2.25. The largest absolute Gasteiger partial charge is 0.472 e. The van der Waals surface area contributed by atoms with E-state index in [0.717, 1.165) is 70.6 Å². The summed E-state index contributed by atoms with van der Waals surface area (Å²) in [4.78, 5) is 46.4. The zero-order valence-corrected chi connectivity index (χ0v) is 33.8. The predicted octanol–water partition coefficient (Wildman–Crippen LogP) is 10.2. The summed E-state index contributed by atoms with van der Waals surface area (Å²) in [5.74, 6) is -0.830. The number of carbonyl (C=O) groups is 3. The molecule has 2 atom stereocenters. The third kappa shape index (κ3) is 36.9. The van der Waals surface area contributed by atoms with Crippen LogP contribution in [0.1, 0.15) is 123 Å². The van der Waals surface area contributed by atoms with E-state index in [1.165, 1.54) is 0 Å². The topological polar surface area (TPSA) is 151 Å². The highest BCUT2D eigenvalue weighted by molar-refractivity contribution is 7.47. The van der Waals surface area contributed by atoms with E-state index in [0.29, 0.717) is 25.7 Å². The number of allylic oxidation sites excluding steroid dienone is 16. The number of hydrogen-bond acceptors (Lipinski definition) is 9. The van der Waals surface area contributed by atoms with Gasteiger partial charge in [-0.15, -0.1) is 0 Å². The fourth-order valence-electron chi connectivity index (χ4n) is 4.51. The molecule has 0 aliphatic heterocycles. The number of hydrogen-bond donors (Lipinski definition) is 2. The Kier molecular flexibility index (Phi) is 35.5. The van der Waals surface area contributed by atoms with Gasteiger partial charge < -0.3 is 20.1 Å². The minimum absolute atomic E-state index is 0.0233. The molecule has 10 nitrogen and oxygen atoms in total. The van der Waals surface area contributed by atoms with Gasteiger partial charge in [-0.25, -0.2) is 4.57 Å². The number of nitrogens with two attached hydrogens (primary N) is 1. The van der Waals surface area contributed by atoms with Gasteiger partial charge >= 0.3 is 19.8 Å². The van der Waals surface area contributed by atoms with Gasteiger partial charge in [-0.3, -0.25) is 23.4 Å². The predicted molar refractivity (Wildman–Crippen MR) is 220 cm³/mol. The smallest absolute Gasteiger partial charge is 0.462 e. The first kappa shape index (κ1) is 50.6. The molecule has 0 amide bonds. The van der Waals surface area contributed by atoms with Crippen LogP contribution in [0, 0.1) is 0 Å². The van der Waals surface area contributed by atoms with Crippen LogP contribution in [0.15, 0.2) is 97.2 Å². The molecule has 0 heterocycles. The van der Waals surface area contributed by atoms with Gasteiger partial charge in [-0.2, -0.15) is 0 Å². The molecule has 0 saturated heterocycles. The minimum Gasteiger partial charge on any atom is -0.462 e. The first-order chi connectivity index (χ1) is 26.2. The van der Waals surface area contributed by atoms with E-state index in [2.05, 4.69) is 62.5 Å². The van der Waals surface area contributed by atoms with Crippen molar-refractivity contribution in [3.8, 4) is 0 Å². The van der Waals surface area contributed by atoms with E-state index < -0.39 is 32.5 Å². The summed E-state index contributed by atoms with van der Waals surface area (Å²) in [7, 11) is -4.42. The maximum atomic E-state index is 12.5. The van der Waals surface area contributed by atoms with Crippen LogP contribution in [-0.2, 0) is 37.5 Å². The average molecular weight is 774 g/mol. The average Bonchev–Trinajstić information content (AvgIpc) is 3.15. The standard InChI is InChI=1S/C43H68NO9P/c1-3-5-7-8-9-10-11-12-13-14-17-20-23-26-30-34-42(46)50-38-41(39-52-54(48,49)51-37-36-44)53-43(47)35-31-27-24-21-18-15-16-19-22-25-29-33-40(45)32-28-6-4-2/h5,7,9-10,12-13,15-17,20-22,24-25,29,33,41H,3-4,6,8,11,14,18-19,23,26-28,30-32,34-39,44H2,1-2H3,(H,48,49)/b7-5-,10-9-,13-12-,16-15-,20-17-,24-21-,25-22-,33-29+/t41-/m1/s1. The van der Waals surface area contributed by atoms with Gasteiger partial charge in [0, 0.05) is 25.8 Å². The van der Waals surface area contributed by atoms with Crippen LogP contribution in [-0.4, -0.2) is 55.1 Å². The van der Waals surface area contributed by atoms with Gasteiger partial charge in [-0.05, 0) is 83.1 Å². The monoisotopic (exact) mass is 773 g/mol. The molecule has 0 rings (SSSR count). The summed E-state index contributed by atoms with van der Waals surface area (Å²) in [6.07, 6.45) is 44.3. The molecule has 304 valence electrons. The number of phosphoric ester groups is 1. The minimum atomic E-state index is -4.42. The van der Waals surface area contributed by atoms with E-state index in [4.69, 9.17) is 24.3 Å². The second-order valence-corrected chi connectivity index (χ2v) is 13.9. The molecular formula is C43H68NO9P. The van der Waals surface area contributed by atoms with Crippen LogP contribution in [0.4, 0.5) is 0 Å². The third-order valence-electron chi connectivity index (χ3n) is 7.43. The lowest BCUT2D eigenvalue weighted by Gasteiger charge is -2.19. The van der Waals surface area contributed by atoms with Crippen molar-refractivity contribution in [1.82, 2.24) is 0 Å². The van der Waals surface area contributed by atoms with Gasteiger partial charge in [0.15, 0.2) is 11.9 Å². The van der Waals surface area contributed by atoms with E-state index in [1.54, 1.807) is 12.2 Å². The Labute approximate surface area is 325 Å². The Bertz CT molecular complexity index is 1260. The molecule has 0 aromatic rings. The molecule has 0 radical (unpaired) electrons. The zero-order valence-electron chi connectivity index (χ0n) is 32.9. The number of carbonyl (C=O) groups excluding carboxylic acids is 3. The summed E-state index contributed by atoms with van der Waals surface area (Å²) < 4.78 is 32.5. The molecule has 0 aliphatic rings. The normalized spacial score (nSPS) is 14.3. The molecule has 0 bridgehead atoms. The van der Waals surface area contributed by atoms with Crippen LogP contribution in [0.3, 0.4) is 0 Å². The molecule has 1 unspecified atom stereocenters. The van der Waals surface area contributed by atoms with Crippen LogP contribution >= 0.6 is 7.82 Å². The molecule has 0 aliphatic carbocycles. The number of phosphoric acid groups is 1. The molecule has 0 aromatic heterocycles. The van der Waals surface area contributed by atoms with Crippen LogP contribution in [0.5, 0.6) is 0 Å². The molecule has 0 aromatic carbocycles. The summed E-state index contributed by atoms with van der Waals surface area (Å²) in [5, 5.41) is 0. The van der Waals surface area contributed by atoms with Crippen molar-refractivity contribution in [2.75, 3.05) is 26.4 Å². The lowest BCUT2D eigenvalue weighted by atomic mass is 10.1. The number of ether oxygens (including phenoxy) is 2. The van der Waals surface area contributed by atoms with E-state index in [-0.39, 0.29) is 38.4 Å². The van der Waals surface area contributed by atoms with Crippen molar-refractivity contribution < 1.29 is 42.4 Å². The molecule has 0 fully saturated rings. The van der Waals surface area contributed by atoms with Crippen molar-refractivity contribution in [3.63, 3.8) is 0 Å². The highest BCUT2D eigenvalue weighted by atomic mass is 31.2. The molecule has 3 N–H and O–H groups in total. The number of ketones is 1.